The molecule has 0 saturated heterocycles. The number of nitrogens with zero attached hydrogens (tertiary/aromatic N) is 1. The number of anilines is 1. The van der Waals surface area contributed by atoms with Gasteiger partial charge in [0.25, 0.3) is 0 Å². The second-order valence-corrected chi connectivity index (χ2v) is 8.57. The van der Waals surface area contributed by atoms with Crippen molar-refractivity contribution < 1.29 is 0 Å². The fraction of sp³-hybridized carbons (Fsp3) is 0.207. The summed E-state index contributed by atoms with van der Waals surface area (Å²) in [6.07, 6.45) is 8.79. The zero-order chi connectivity index (χ0) is 24.0. The molecule has 0 aliphatic rings. The number of aromatic nitrogens is 2. The number of likely N-dealkylation sites (N-methyl/N-ethyl adjacent to an activating group) is 1. The lowest BCUT2D eigenvalue weighted by Gasteiger charge is -2.15. The fourth-order valence-electron chi connectivity index (χ4n) is 3.78. The molecule has 4 nitrogen and oxygen atoms in total. The Balaban J connectivity index is 1.94. The summed E-state index contributed by atoms with van der Waals surface area (Å²) in [4.78, 5) is 7.92. The fourth-order valence-corrected chi connectivity index (χ4v) is 3.78. The Kier molecular flexibility index (Phi) is 7.73. The van der Waals surface area contributed by atoms with Gasteiger partial charge in [-0.15, -0.1) is 0 Å². The molecule has 0 aliphatic heterocycles. The second-order valence-electron chi connectivity index (χ2n) is 8.57. The van der Waals surface area contributed by atoms with Gasteiger partial charge in [0.15, 0.2) is 0 Å². The second kappa shape index (κ2) is 10.7. The van der Waals surface area contributed by atoms with Crippen molar-refractivity contribution in [2.75, 3.05) is 12.4 Å². The number of rotatable bonds is 10. The third-order valence-electron chi connectivity index (χ3n) is 5.47. The minimum atomic E-state index is 0.543. The quantitative estimate of drug-likeness (QED) is 0.291. The summed E-state index contributed by atoms with van der Waals surface area (Å²) in [5.74, 6) is 0.543. The van der Waals surface area contributed by atoms with Crippen LogP contribution in [-0.2, 0) is 0 Å². The van der Waals surface area contributed by atoms with Gasteiger partial charge in [0.1, 0.15) is 0 Å². The van der Waals surface area contributed by atoms with Gasteiger partial charge in [-0.05, 0) is 49.1 Å². The molecular formula is C29H34N4. The maximum absolute atomic E-state index is 4.45. The number of H-pyrrole nitrogens is 1. The Morgan fingerprint density at radius 2 is 1.88 bits per heavy atom. The van der Waals surface area contributed by atoms with Crippen molar-refractivity contribution in [3.05, 3.63) is 109 Å². The molecule has 0 spiro atoms. The molecule has 0 saturated carbocycles. The van der Waals surface area contributed by atoms with Crippen molar-refractivity contribution in [1.29, 1.82) is 0 Å². The van der Waals surface area contributed by atoms with Crippen molar-refractivity contribution in [1.82, 2.24) is 15.3 Å². The van der Waals surface area contributed by atoms with Gasteiger partial charge in [-0.3, -0.25) is 4.98 Å². The van der Waals surface area contributed by atoms with Crippen LogP contribution in [0.5, 0.6) is 0 Å². The largest absolute Gasteiger partial charge is 0.388 e. The highest BCUT2D eigenvalue weighted by atomic mass is 14.9. The van der Waals surface area contributed by atoms with Crippen LogP contribution in [0, 0.1) is 5.92 Å². The van der Waals surface area contributed by atoms with Crippen LogP contribution in [0.2, 0.25) is 0 Å². The van der Waals surface area contributed by atoms with E-state index < -0.39 is 0 Å². The molecule has 0 unspecified atom stereocenters. The lowest BCUT2D eigenvalue weighted by Crippen LogP contribution is -2.08. The average Bonchev–Trinajstić information content (AvgIpc) is 3.23. The number of hydrogen-bond acceptors (Lipinski definition) is 3. The molecule has 2 heterocycles. The molecule has 3 aromatic rings. The van der Waals surface area contributed by atoms with E-state index in [4.69, 9.17) is 0 Å². The van der Waals surface area contributed by atoms with Crippen LogP contribution in [0.3, 0.4) is 0 Å². The van der Waals surface area contributed by atoms with E-state index in [1.807, 2.05) is 38.5 Å². The molecule has 0 atom stereocenters. The number of hydrogen-bond donors (Lipinski definition) is 3. The van der Waals surface area contributed by atoms with Gasteiger partial charge in [-0.25, -0.2) is 0 Å². The highest BCUT2D eigenvalue weighted by Crippen LogP contribution is 2.31. The van der Waals surface area contributed by atoms with E-state index in [9.17, 15) is 0 Å². The maximum Gasteiger partial charge on any atom is 0.0574 e. The molecular weight excluding hydrogens is 404 g/mol. The Hall–Kier alpha value is -3.79. The molecule has 0 radical (unpaired) electrons. The predicted molar refractivity (Wildman–Crippen MR) is 144 cm³/mol. The average molecular weight is 439 g/mol. The van der Waals surface area contributed by atoms with Crippen molar-refractivity contribution in [3.8, 4) is 0 Å². The number of para-hydroxylation sites is 1. The Morgan fingerprint density at radius 3 is 2.55 bits per heavy atom. The van der Waals surface area contributed by atoms with Crippen LogP contribution >= 0.6 is 0 Å². The van der Waals surface area contributed by atoms with Crippen molar-refractivity contribution in [2.45, 2.75) is 27.2 Å². The zero-order valence-electron chi connectivity index (χ0n) is 20.1. The lowest BCUT2D eigenvalue weighted by atomic mass is 9.96. The molecule has 3 rings (SSSR count). The van der Waals surface area contributed by atoms with Crippen LogP contribution in [-0.4, -0.2) is 17.0 Å². The van der Waals surface area contributed by atoms with Crippen LogP contribution in [0.1, 0.15) is 38.4 Å². The van der Waals surface area contributed by atoms with Crippen molar-refractivity contribution in [2.24, 2.45) is 5.92 Å². The summed E-state index contributed by atoms with van der Waals surface area (Å²) in [6.45, 7) is 19.1. The van der Waals surface area contributed by atoms with Gasteiger partial charge in [-0.2, -0.15) is 0 Å². The number of benzene rings is 1. The smallest absolute Gasteiger partial charge is 0.0574 e. The molecule has 1 aromatic carbocycles. The molecule has 0 aliphatic carbocycles. The Bertz CT molecular complexity index is 1200. The summed E-state index contributed by atoms with van der Waals surface area (Å²) in [7, 11) is 1.87. The number of allylic oxidation sites excluding steroid dienone is 5. The van der Waals surface area contributed by atoms with Crippen LogP contribution in [0.4, 0.5) is 5.69 Å². The minimum Gasteiger partial charge on any atom is -0.388 e. The molecule has 2 aromatic heterocycles. The van der Waals surface area contributed by atoms with Gasteiger partial charge >= 0.3 is 0 Å². The highest BCUT2D eigenvalue weighted by molar-refractivity contribution is 5.91. The molecule has 170 valence electrons. The maximum atomic E-state index is 4.45. The first-order chi connectivity index (χ1) is 15.8. The van der Waals surface area contributed by atoms with E-state index in [2.05, 4.69) is 90.6 Å². The summed E-state index contributed by atoms with van der Waals surface area (Å²) in [5, 5.41) is 7.72. The minimum absolute atomic E-state index is 0.543. The summed E-state index contributed by atoms with van der Waals surface area (Å²) in [6, 6.07) is 12.4. The van der Waals surface area contributed by atoms with E-state index in [0.29, 0.717) is 5.92 Å². The van der Waals surface area contributed by atoms with Gasteiger partial charge < -0.3 is 15.6 Å². The number of fused-ring (bicyclic) bond motifs is 1. The van der Waals surface area contributed by atoms with Gasteiger partial charge in [0, 0.05) is 57.9 Å². The van der Waals surface area contributed by atoms with Gasteiger partial charge in [-0.1, -0.05) is 57.9 Å². The SMILES string of the molecule is C=C(CC(C)C)Nc1cncc(C(/C=C(\C(=C)NC)C(=C)c2cc3ccccc3[nH]2)=C/C)c1. The van der Waals surface area contributed by atoms with E-state index in [1.165, 1.54) is 0 Å². The lowest BCUT2D eigenvalue weighted by molar-refractivity contribution is 0.645. The predicted octanol–water partition coefficient (Wildman–Crippen LogP) is 7.31. The van der Waals surface area contributed by atoms with Crippen molar-refractivity contribution >= 4 is 27.7 Å². The first-order valence-corrected chi connectivity index (χ1v) is 11.2. The van der Waals surface area contributed by atoms with Crippen LogP contribution in [0.15, 0.2) is 97.6 Å². The topological polar surface area (TPSA) is 52.7 Å². The molecule has 4 heteroatoms. The number of aromatic amines is 1. The highest BCUT2D eigenvalue weighted by Gasteiger charge is 2.13. The van der Waals surface area contributed by atoms with E-state index in [-0.39, 0.29) is 0 Å². The third kappa shape index (κ3) is 5.92. The Morgan fingerprint density at radius 1 is 1.12 bits per heavy atom. The third-order valence-corrected chi connectivity index (χ3v) is 5.47. The molecule has 3 N–H and O–H groups in total. The number of nitrogens with one attached hydrogen (secondary N) is 3. The monoisotopic (exact) mass is 438 g/mol. The molecule has 33 heavy (non-hydrogen) atoms. The number of pyridine rings is 1. The van der Waals surface area contributed by atoms with Gasteiger partial charge in [0.2, 0.25) is 0 Å². The molecule has 0 bridgehead atoms. The molecule has 0 amide bonds. The van der Waals surface area contributed by atoms with Gasteiger partial charge in [0.05, 0.1) is 11.9 Å². The van der Waals surface area contributed by atoms with Crippen molar-refractivity contribution in [3.63, 3.8) is 0 Å². The van der Waals surface area contributed by atoms with E-state index in [0.717, 1.165) is 62.4 Å². The Labute approximate surface area is 197 Å². The zero-order valence-corrected chi connectivity index (χ0v) is 20.1. The molecule has 0 fully saturated rings. The summed E-state index contributed by atoms with van der Waals surface area (Å²) in [5.41, 5.74) is 8.59. The van der Waals surface area contributed by atoms with Crippen LogP contribution in [0.25, 0.3) is 22.0 Å². The normalized spacial score (nSPS) is 12.2. The first kappa shape index (κ1) is 23.9. The van der Waals surface area contributed by atoms with E-state index in [1.54, 1.807) is 0 Å². The standard InChI is InChI=1S/C29H34N4/c1-8-23(25-14-26(18-31-17-25)32-20(4)13-19(2)3)15-27(22(6)30-7)21(5)29-16-24-11-9-10-12-28(24)33-29/h8-12,14-19,30,32-33H,4-6,13H2,1-3,7H3/b23-8+,27-15-. The van der Waals surface area contributed by atoms with E-state index >= 15 is 0 Å². The summed E-state index contributed by atoms with van der Waals surface area (Å²) < 4.78 is 0. The summed E-state index contributed by atoms with van der Waals surface area (Å²) >= 11 is 0. The first-order valence-electron chi connectivity index (χ1n) is 11.2. The van der Waals surface area contributed by atoms with Crippen LogP contribution < -0.4 is 10.6 Å².